The van der Waals surface area contributed by atoms with Crippen molar-refractivity contribution in [3.8, 4) is 0 Å². The van der Waals surface area contributed by atoms with Crippen molar-refractivity contribution in [2.45, 2.75) is 45.6 Å². The molecule has 2 heterocycles. The molecule has 21 heavy (non-hydrogen) atoms. The molecule has 2 rings (SSSR count). The van der Waals surface area contributed by atoms with Gasteiger partial charge in [0.2, 0.25) is 0 Å². The zero-order valence-corrected chi connectivity index (χ0v) is 14.7. The van der Waals surface area contributed by atoms with Crippen molar-refractivity contribution < 1.29 is 4.74 Å². The van der Waals surface area contributed by atoms with E-state index in [2.05, 4.69) is 31.0 Å². The molecule has 0 radical (unpaired) electrons. The van der Waals surface area contributed by atoms with E-state index < -0.39 is 0 Å². The second-order valence-corrected chi connectivity index (χ2v) is 7.01. The number of hydrogen-bond donors (Lipinski definition) is 1. The van der Waals surface area contributed by atoms with Gasteiger partial charge in [-0.1, -0.05) is 13.8 Å². The van der Waals surface area contributed by atoms with Crippen molar-refractivity contribution in [2.75, 3.05) is 39.9 Å². The molecule has 1 aromatic rings. The summed E-state index contributed by atoms with van der Waals surface area (Å²) in [6, 6.07) is 0. The van der Waals surface area contributed by atoms with E-state index in [0.29, 0.717) is 0 Å². The monoisotopic (exact) mass is 311 g/mol. The van der Waals surface area contributed by atoms with E-state index in [9.17, 15) is 0 Å². The fourth-order valence-electron chi connectivity index (χ4n) is 3.07. The number of aromatic nitrogens is 1. The van der Waals surface area contributed by atoms with Crippen LogP contribution in [0, 0.1) is 6.92 Å². The van der Waals surface area contributed by atoms with Gasteiger partial charge in [0, 0.05) is 31.6 Å². The van der Waals surface area contributed by atoms with E-state index >= 15 is 0 Å². The van der Waals surface area contributed by atoms with Gasteiger partial charge in [0.05, 0.1) is 17.8 Å². The first-order valence-electron chi connectivity index (χ1n) is 8.08. The molecule has 0 atom stereocenters. The number of nitrogens with one attached hydrogen (secondary N) is 1. The fraction of sp³-hybridized carbons (Fsp3) is 0.812. The molecule has 0 spiro atoms. The Labute approximate surface area is 132 Å². The topological polar surface area (TPSA) is 37.4 Å². The minimum absolute atomic E-state index is 0.0487. The predicted molar refractivity (Wildman–Crippen MR) is 89.1 cm³/mol. The van der Waals surface area contributed by atoms with Gasteiger partial charge in [-0.05, 0) is 32.7 Å². The second-order valence-electron chi connectivity index (χ2n) is 5.81. The summed E-state index contributed by atoms with van der Waals surface area (Å²) in [6.45, 7) is 11.7. The number of hydrogen-bond acceptors (Lipinski definition) is 5. The molecule has 1 aliphatic rings. The molecular formula is C16H29N3OS. The minimum atomic E-state index is 0.0487. The van der Waals surface area contributed by atoms with Crippen LogP contribution in [0.4, 0.5) is 0 Å². The van der Waals surface area contributed by atoms with Crippen LogP contribution in [0.5, 0.6) is 0 Å². The smallest absolute Gasteiger partial charge is 0.113 e. The minimum Gasteiger partial charge on any atom is -0.383 e. The fourth-order valence-corrected chi connectivity index (χ4v) is 4.30. The molecule has 1 saturated heterocycles. The number of ether oxygens (including phenoxy) is 1. The first-order chi connectivity index (χ1) is 10.1. The highest BCUT2D eigenvalue weighted by Crippen LogP contribution is 2.36. The lowest BCUT2D eigenvalue weighted by Crippen LogP contribution is -2.51. The van der Waals surface area contributed by atoms with Gasteiger partial charge in [0.15, 0.2) is 0 Å². The zero-order chi connectivity index (χ0) is 15.3. The molecule has 0 amide bonds. The number of piperidine rings is 1. The summed E-state index contributed by atoms with van der Waals surface area (Å²) in [7, 11) is 1.76. The summed E-state index contributed by atoms with van der Waals surface area (Å²) in [5.74, 6) is 0. The number of rotatable bonds is 7. The molecule has 0 aliphatic carbocycles. The summed E-state index contributed by atoms with van der Waals surface area (Å²) in [5.41, 5.74) is 1.31. The third-order valence-electron chi connectivity index (χ3n) is 4.56. The first-order valence-corrected chi connectivity index (χ1v) is 8.90. The average molecular weight is 311 g/mol. The van der Waals surface area contributed by atoms with Crippen LogP contribution < -0.4 is 5.32 Å². The van der Waals surface area contributed by atoms with E-state index in [4.69, 9.17) is 9.72 Å². The molecule has 4 nitrogen and oxygen atoms in total. The van der Waals surface area contributed by atoms with Gasteiger partial charge in [0.1, 0.15) is 5.01 Å². The van der Waals surface area contributed by atoms with E-state index in [1.165, 1.54) is 15.6 Å². The molecule has 1 fully saturated rings. The lowest BCUT2D eigenvalue weighted by atomic mass is 9.88. The Morgan fingerprint density at radius 3 is 2.57 bits per heavy atom. The Hall–Kier alpha value is -0.490. The molecule has 0 saturated carbocycles. The van der Waals surface area contributed by atoms with Gasteiger partial charge in [-0.3, -0.25) is 0 Å². The van der Waals surface area contributed by atoms with Crippen molar-refractivity contribution in [3.63, 3.8) is 0 Å². The number of thiazole rings is 1. The standard InChI is InChI=1S/C16H29N3OS/c1-5-14-13(3)21-15(18-14)16(17-9-12-20-4)7-10-19(6-2)11-8-16/h17H,5-12H2,1-4H3. The maximum absolute atomic E-state index is 5.22. The zero-order valence-electron chi connectivity index (χ0n) is 13.9. The van der Waals surface area contributed by atoms with Crippen LogP contribution in [0.25, 0.3) is 0 Å². The highest BCUT2D eigenvalue weighted by atomic mass is 32.1. The number of nitrogens with zero attached hydrogens (tertiary/aromatic N) is 2. The Kier molecular flexibility index (Phi) is 6.17. The van der Waals surface area contributed by atoms with E-state index in [1.54, 1.807) is 7.11 Å². The van der Waals surface area contributed by atoms with Crippen molar-refractivity contribution in [1.29, 1.82) is 0 Å². The van der Waals surface area contributed by atoms with E-state index in [0.717, 1.165) is 52.0 Å². The molecule has 5 heteroatoms. The third kappa shape index (κ3) is 3.83. The summed E-state index contributed by atoms with van der Waals surface area (Å²) in [6.07, 6.45) is 3.30. The summed E-state index contributed by atoms with van der Waals surface area (Å²) in [5, 5.41) is 5.04. The Morgan fingerprint density at radius 1 is 1.33 bits per heavy atom. The van der Waals surface area contributed by atoms with Gasteiger partial charge in [0.25, 0.3) is 0 Å². The molecule has 1 N–H and O–H groups in total. The van der Waals surface area contributed by atoms with Crippen LogP contribution in [-0.4, -0.2) is 49.8 Å². The van der Waals surface area contributed by atoms with Gasteiger partial charge < -0.3 is 15.0 Å². The van der Waals surface area contributed by atoms with Gasteiger partial charge in [-0.25, -0.2) is 4.98 Å². The van der Waals surface area contributed by atoms with Crippen molar-refractivity contribution in [3.05, 3.63) is 15.6 Å². The number of aryl methyl sites for hydroxylation is 2. The van der Waals surface area contributed by atoms with Crippen LogP contribution in [0.15, 0.2) is 0 Å². The largest absolute Gasteiger partial charge is 0.383 e. The second kappa shape index (κ2) is 7.68. The van der Waals surface area contributed by atoms with Gasteiger partial charge in [-0.2, -0.15) is 0 Å². The molecule has 0 unspecified atom stereocenters. The maximum atomic E-state index is 5.22. The number of likely N-dealkylation sites (tertiary alicyclic amines) is 1. The highest BCUT2D eigenvalue weighted by molar-refractivity contribution is 7.11. The predicted octanol–water partition coefficient (Wildman–Crippen LogP) is 2.56. The van der Waals surface area contributed by atoms with Crippen molar-refractivity contribution >= 4 is 11.3 Å². The normalized spacial score (nSPS) is 19.0. The Bertz CT molecular complexity index is 433. The number of methoxy groups -OCH3 is 1. The maximum Gasteiger partial charge on any atom is 0.113 e. The third-order valence-corrected chi connectivity index (χ3v) is 5.78. The molecule has 0 aromatic carbocycles. The first kappa shape index (κ1) is 16.9. The molecule has 0 bridgehead atoms. The lowest BCUT2D eigenvalue weighted by molar-refractivity contribution is 0.123. The van der Waals surface area contributed by atoms with Gasteiger partial charge in [-0.15, -0.1) is 11.3 Å². The summed E-state index contributed by atoms with van der Waals surface area (Å²) < 4.78 is 5.22. The molecule has 120 valence electrons. The van der Waals surface area contributed by atoms with Crippen LogP contribution >= 0.6 is 11.3 Å². The van der Waals surface area contributed by atoms with Gasteiger partial charge >= 0.3 is 0 Å². The summed E-state index contributed by atoms with van der Waals surface area (Å²) >= 11 is 1.88. The van der Waals surface area contributed by atoms with E-state index in [1.807, 2.05) is 11.3 Å². The van der Waals surface area contributed by atoms with Crippen LogP contribution in [-0.2, 0) is 16.7 Å². The summed E-state index contributed by atoms with van der Waals surface area (Å²) in [4.78, 5) is 8.85. The Morgan fingerprint density at radius 2 is 2.05 bits per heavy atom. The molecular weight excluding hydrogens is 282 g/mol. The average Bonchev–Trinajstić information content (AvgIpc) is 2.90. The van der Waals surface area contributed by atoms with Crippen LogP contribution in [0.2, 0.25) is 0 Å². The quantitative estimate of drug-likeness (QED) is 0.785. The SMILES string of the molecule is CCc1nc(C2(NCCOC)CCN(CC)CC2)sc1C. The lowest BCUT2D eigenvalue weighted by Gasteiger charge is -2.41. The van der Waals surface area contributed by atoms with Crippen molar-refractivity contribution in [1.82, 2.24) is 15.2 Å². The highest BCUT2D eigenvalue weighted by Gasteiger charge is 2.38. The molecule has 1 aromatic heterocycles. The van der Waals surface area contributed by atoms with Crippen LogP contribution in [0.3, 0.4) is 0 Å². The molecule has 1 aliphatic heterocycles. The van der Waals surface area contributed by atoms with Crippen LogP contribution in [0.1, 0.15) is 42.3 Å². The van der Waals surface area contributed by atoms with E-state index in [-0.39, 0.29) is 5.54 Å². The Balaban J connectivity index is 2.18. The van der Waals surface area contributed by atoms with Crippen molar-refractivity contribution in [2.24, 2.45) is 0 Å².